The highest BCUT2D eigenvalue weighted by molar-refractivity contribution is 7.20. The molecule has 0 spiro atoms. The Hall–Kier alpha value is -2.84. The van der Waals surface area contributed by atoms with Crippen molar-refractivity contribution in [3.05, 3.63) is 46.2 Å². The van der Waals surface area contributed by atoms with Gasteiger partial charge >= 0.3 is 0 Å². The number of nitrogens with one attached hydrogen (secondary N) is 2. The summed E-state index contributed by atoms with van der Waals surface area (Å²) in [5, 5.41) is 6.73. The zero-order valence-corrected chi connectivity index (χ0v) is 18.1. The predicted octanol–water partition coefficient (Wildman–Crippen LogP) is 4.24. The van der Waals surface area contributed by atoms with E-state index in [0.717, 1.165) is 46.6 Å². The van der Waals surface area contributed by atoms with Gasteiger partial charge in [0.25, 0.3) is 11.8 Å². The van der Waals surface area contributed by atoms with Crippen molar-refractivity contribution in [1.29, 1.82) is 0 Å². The van der Waals surface area contributed by atoms with Crippen LogP contribution in [0.5, 0.6) is 0 Å². The number of nitrogens with zero attached hydrogens (tertiary/aromatic N) is 2. The molecule has 4 rings (SSSR count). The first-order chi connectivity index (χ1) is 14.5. The molecular weight excluding hydrogens is 400 g/mol. The third-order valence-corrected chi connectivity index (χ3v) is 6.36. The highest BCUT2D eigenvalue weighted by Crippen LogP contribution is 2.32. The van der Waals surface area contributed by atoms with E-state index in [2.05, 4.69) is 20.6 Å². The standard InChI is InChI=1S/C22H24N4O3S/c1-4-17-23-13(3)18-12(2)19(30-22(18)26-17)21(28)25-15-9-7-14(8-10-15)24-20(27)16-6-5-11-29-16/h7-10,16H,4-6,11H2,1-3H3,(H,24,27)(H,25,28). The lowest BCUT2D eigenvalue weighted by atomic mass is 10.1. The van der Waals surface area contributed by atoms with Gasteiger partial charge in [0, 0.05) is 35.5 Å². The monoisotopic (exact) mass is 424 g/mol. The first-order valence-corrected chi connectivity index (χ1v) is 10.9. The Morgan fingerprint density at radius 1 is 1.13 bits per heavy atom. The van der Waals surface area contributed by atoms with E-state index >= 15 is 0 Å². The summed E-state index contributed by atoms with van der Waals surface area (Å²) in [4.78, 5) is 35.6. The maximum Gasteiger partial charge on any atom is 0.266 e. The van der Waals surface area contributed by atoms with Gasteiger partial charge in [-0.2, -0.15) is 0 Å². The largest absolute Gasteiger partial charge is 0.368 e. The fourth-order valence-electron chi connectivity index (χ4n) is 3.60. The van der Waals surface area contributed by atoms with Crippen LogP contribution in [-0.2, 0) is 16.0 Å². The molecule has 1 atom stereocenters. The summed E-state index contributed by atoms with van der Waals surface area (Å²) in [7, 11) is 0. The molecule has 8 heteroatoms. The molecule has 30 heavy (non-hydrogen) atoms. The molecule has 1 aliphatic heterocycles. The van der Waals surface area contributed by atoms with Gasteiger partial charge < -0.3 is 15.4 Å². The highest BCUT2D eigenvalue weighted by atomic mass is 32.1. The minimum atomic E-state index is -0.375. The molecule has 3 aromatic rings. The van der Waals surface area contributed by atoms with E-state index in [1.54, 1.807) is 24.3 Å². The van der Waals surface area contributed by atoms with Crippen LogP contribution in [0.1, 0.15) is 46.5 Å². The fraction of sp³-hybridized carbons (Fsp3) is 0.364. The van der Waals surface area contributed by atoms with Crippen LogP contribution in [0.4, 0.5) is 11.4 Å². The van der Waals surface area contributed by atoms with Gasteiger partial charge in [0.05, 0.1) is 4.88 Å². The van der Waals surface area contributed by atoms with Crippen LogP contribution in [0.3, 0.4) is 0 Å². The minimum Gasteiger partial charge on any atom is -0.368 e. The normalized spacial score (nSPS) is 16.0. The van der Waals surface area contributed by atoms with Gasteiger partial charge in [-0.15, -0.1) is 11.3 Å². The van der Waals surface area contributed by atoms with Crippen molar-refractivity contribution >= 4 is 44.7 Å². The second-order valence-corrected chi connectivity index (χ2v) is 8.34. The molecule has 2 N–H and O–H groups in total. The molecule has 1 aromatic carbocycles. The summed E-state index contributed by atoms with van der Waals surface area (Å²) >= 11 is 1.39. The molecule has 0 bridgehead atoms. The molecule has 0 aliphatic carbocycles. The quantitative estimate of drug-likeness (QED) is 0.639. The molecule has 0 saturated carbocycles. The van der Waals surface area contributed by atoms with Gasteiger partial charge in [-0.05, 0) is 56.5 Å². The van der Waals surface area contributed by atoms with Gasteiger partial charge in [0.1, 0.15) is 16.8 Å². The average Bonchev–Trinajstić information content (AvgIpc) is 3.38. The van der Waals surface area contributed by atoms with Gasteiger partial charge in [-0.3, -0.25) is 9.59 Å². The van der Waals surface area contributed by atoms with Crippen molar-refractivity contribution in [3.63, 3.8) is 0 Å². The number of thiophene rings is 1. The number of anilines is 2. The topological polar surface area (TPSA) is 93.2 Å². The lowest BCUT2D eigenvalue weighted by Gasteiger charge is -2.11. The van der Waals surface area contributed by atoms with Crippen LogP contribution in [0, 0.1) is 13.8 Å². The van der Waals surface area contributed by atoms with Crippen LogP contribution in [-0.4, -0.2) is 34.5 Å². The van der Waals surface area contributed by atoms with Gasteiger partial charge in [-0.25, -0.2) is 9.97 Å². The number of rotatable bonds is 5. The zero-order chi connectivity index (χ0) is 21.3. The van der Waals surface area contributed by atoms with E-state index in [-0.39, 0.29) is 17.9 Å². The number of benzene rings is 1. The van der Waals surface area contributed by atoms with E-state index in [1.807, 2.05) is 20.8 Å². The molecule has 7 nitrogen and oxygen atoms in total. The Morgan fingerprint density at radius 2 is 1.83 bits per heavy atom. The second kappa shape index (κ2) is 8.49. The Kier molecular flexibility index (Phi) is 5.78. The average molecular weight is 425 g/mol. The van der Waals surface area contributed by atoms with E-state index in [0.29, 0.717) is 22.9 Å². The number of fused-ring (bicyclic) bond motifs is 1. The fourth-order valence-corrected chi connectivity index (χ4v) is 4.75. The lowest BCUT2D eigenvalue weighted by molar-refractivity contribution is -0.124. The van der Waals surface area contributed by atoms with E-state index in [9.17, 15) is 9.59 Å². The van der Waals surface area contributed by atoms with Crippen molar-refractivity contribution in [1.82, 2.24) is 9.97 Å². The smallest absolute Gasteiger partial charge is 0.266 e. The van der Waals surface area contributed by atoms with Crippen LogP contribution < -0.4 is 10.6 Å². The van der Waals surface area contributed by atoms with E-state index in [4.69, 9.17) is 4.74 Å². The first-order valence-electron chi connectivity index (χ1n) is 10.1. The Labute approximate surface area is 178 Å². The predicted molar refractivity (Wildman–Crippen MR) is 118 cm³/mol. The minimum absolute atomic E-state index is 0.131. The molecule has 1 fully saturated rings. The van der Waals surface area contributed by atoms with E-state index in [1.165, 1.54) is 11.3 Å². The van der Waals surface area contributed by atoms with Crippen LogP contribution >= 0.6 is 11.3 Å². The van der Waals surface area contributed by atoms with Crippen molar-refractivity contribution in [2.45, 2.75) is 46.1 Å². The number of aryl methyl sites for hydroxylation is 3. The molecule has 2 aromatic heterocycles. The van der Waals surface area contributed by atoms with Gasteiger partial charge in [0.15, 0.2) is 0 Å². The van der Waals surface area contributed by atoms with Crippen LogP contribution in [0.25, 0.3) is 10.2 Å². The highest BCUT2D eigenvalue weighted by Gasteiger charge is 2.23. The molecule has 1 unspecified atom stereocenters. The number of amides is 2. The molecule has 1 aliphatic rings. The lowest BCUT2D eigenvalue weighted by Crippen LogP contribution is -2.26. The molecule has 2 amide bonds. The van der Waals surface area contributed by atoms with Crippen molar-refractivity contribution in [2.24, 2.45) is 0 Å². The van der Waals surface area contributed by atoms with Crippen LogP contribution in [0.2, 0.25) is 0 Å². The molecule has 3 heterocycles. The summed E-state index contributed by atoms with van der Waals surface area (Å²) < 4.78 is 5.39. The number of aromatic nitrogens is 2. The summed E-state index contributed by atoms with van der Waals surface area (Å²) in [5.41, 5.74) is 3.12. The number of carbonyl (C=O) groups excluding carboxylic acids is 2. The first kappa shape index (κ1) is 20.4. The number of carbonyl (C=O) groups is 2. The Morgan fingerprint density at radius 3 is 2.47 bits per heavy atom. The maximum atomic E-state index is 12.9. The van der Waals surface area contributed by atoms with E-state index < -0.39 is 0 Å². The SMILES string of the molecule is CCc1nc(C)c2c(C)c(C(=O)Nc3ccc(NC(=O)C4CCCO4)cc3)sc2n1. The third-order valence-electron chi connectivity index (χ3n) is 5.17. The zero-order valence-electron chi connectivity index (χ0n) is 17.2. The Balaban J connectivity index is 1.48. The summed E-state index contributed by atoms with van der Waals surface area (Å²) in [5.74, 6) is 0.478. The molecule has 156 valence electrons. The van der Waals surface area contributed by atoms with Crippen LogP contribution in [0.15, 0.2) is 24.3 Å². The molecular formula is C22H24N4O3S. The van der Waals surface area contributed by atoms with Crippen molar-refractivity contribution < 1.29 is 14.3 Å². The maximum absolute atomic E-state index is 12.9. The van der Waals surface area contributed by atoms with Gasteiger partial charge in [-0.1, -0.05) is 6.92 Å². The number of hydrogen-bond donors (Lipinski definition) is 2. The van der Waals surface area contributed by atoms with Gasteiger partial charge in [0.2, 0.25) is 0 Å². The number of ether oxygens (including phenoxy) is 1. The third kappa shape index (κ3) is 4.06. The van der Waals surface area contributed by atoms with Crippen molar-refractivity contribution in [3.8, 4) is 0 Å². The molecule has 0 radical (unpaired) electrons. The second-order valence-electron chi connectivity index (χ2n) is 7.34. The number of hydrogen-bond acceptors (Lipinski definition) is 6. The summed E-state index contributed by atoms with van der Waals surface area (Å²) in [6.45, 7) is 6.53. The van der Waals surface area contributed by atoms with Crippen molar-refractivity contribution in [2.75, 3.05) is 17.2 Å². The molecule has 1 saturated heterocycles. The Bertz CT molecular complexity index is 1100. The summed E-state index contributed by atoms with van der Waals surface area (Å²) in [6, 6.07) is 7.07. The summed E-state index contributed by atoms with van der Waals surface area (Å²) in [6.07, 6.45) is 2.04.